The molecule has 1 heterocycles. The molecule has 0 aliphatic rings. The minimum atomic E-state index is -0.164. The summed E-state index contributed by atoms with van der Waals surface area (Å²) >= 11 is 3.42. The maximum Gasteiger partial charge on any atom is 0.270 e. The maximum atomic E-state index is 11.9. The molecule has 4 heteroatoms. The fraction of sp³-hybridized carbons (Fsp3) is 0.143. The van der Waals surface area contributed by atoms with E-state index in [-0.39, 0.29) is 11.9 Å². The summed E-state index contributed by atoms with van der Waals surface area (Å²) < 4.78 is 0.999. The minimum Gasteiger partial charge on any atom is -0.344 e. The third-order valence-corrected chi connectivity index (χ3v) is 3.09. The number of aromatic nitrogens is 1. The Kier molecular flexibility index (Phi) is 4.10. The van der Waals surface area contributed by atoms with Gasteiger partial charge in [-0.05, 0) is 36.8 Å². The van der Waals surface area contributed by atoms with Gasteiger partial charge in [-0.15, -0.1) is 0 Å². The Balaban J connectivity index is 2.08. The maximum absolute atomic E-state index is 11.9. The van der Waals surface area contributed by atoms with Crippen LogP contribution in [0.1, 0.15) is 29.0 Å². The predicted molar refractivity (Wildman–Crippen MR) is 74.3 cm³/mol. The van der Waals surface area contributed by atoms with Crippen LogP contribution in [0.5, 0.6) is 0 Å². The topological polar surface area (TPSA) is 42.0 Å². The van der Waals surface area contributed by atoms with Crippen molar-refractivity contribution in [2.45, 2.75) is 13.0 Å². The second kappa shape index (κ2) is 5.78. The van der Waals surface area contributed by atoms with Gasteiger partial charge in [0.1, 0.15) is 5.69 Å². The number of nitrogens with one attached hydrogen (secondary N) is 1. The van der Waals surface area contributed by atoms with Crippen LogP contribution in [-0.4, -0.2) is 10.9 Å². The first-order valence-corrected chi connectivity index (χ1v) is 6.43. The molecule has 92 valence electrons. The first kappa shape index (κ1) is 12.8. The molecule has 1 amide bonds. The fourth-order valence-electron chi connectivity index (χ4n) is 1.63. The average molecular weight is 305 g/mol. The van der Waals surface area contributed by atoms with Crippen LogP contribution < -0.4 is 5.32 Å². The molecule has 3 nitrogen and oxygen atoms in total. The monoisotopic (exact) mass is 304 g/mol. The van der Waals surface area contributed by atoms with Crippen molar-refractivity contribution in [3.05, 3.63) is 64.4 Å². The van der Waals surface area contributed by atoms with E-state index >= 15 is 0 Å². The van der Waals surface area contributed by atoms with Crippen LogP contribution in [0.15, 0.2) is 53.1 Å². The zero-order valence-electron chi connectivity index (χ0n) is 9.93. The molecule has 1 N–H and O–H groups in total. The smallest absolute Gasteiger partial charge is 0.270 e. The highest BCUT2D eigenvalue weighted by molar-refractivity contribution is 9.10. The SMILES string of the molecule is C[C@@H](NC(=O)c1ccccn1)c1cccc(Br)c1. The highest BCUT2D eigenvalue weighted by Gasteiger charge is 2.11. The molecule has 0 fully saturated rings. The van der Waals surface area contributed by atoms with Crippen LogP contribution in [0, 0.1) is 0 Å². The molecule has 18 heavy (non-hydrogen) atoms. The zero-order chi connectivity index (χ0) is 13.0. The van der Waals surface area contributed by atoms with E-state index in [4.69, 9.17) is 0 Å². The third-order valence-electron chi connectivity index (χ3n) is 2.59. The van der Waals surface area contributed by atoms with Gasteiger partial charge in [-0.1, -0.05) is 34.1 Å². The summed E-state index contributed by atoms with van der Waals surface area (Å²) in [6, 6.07) is 13.1. The first-order chi connectivity index (χ1) is 8.66. The van der Waals surface area contributed by atoms with Crippen molar-refractivity contribution in [2.24, 2.45) is 0 Å². The summed E-state index contributed by atoms with van der Waals surface area (Å²) in [5.41, 5.74) is 1.48. The van der Waals surface area contributed by atoms with Crippen LogP contribution in [-0.2, 0) is 0 Å². The first-order valence-electron chi connectivity index (χ1n) is 5.64. The van der Waals surface area contributed by atoms with Gasteiger partial charge in [-0.3, -0.25) is 9.78 Å². The lowest BCUT2D eigenvalue weighted by molar-refractivity contribution is 0.0935. The van der Waals surface area contributed by atoms with E-state index in [0.29, 0.717) is 5.69 Å². The summed E-state index contributed by atoms with van der Waals surface area (Å²) in [7, 11) is 0. The van der Waals surface area contributed by atoms with Gasteiger partial charge in [0.25, 0.3) is 5.91 Å². The van der Waals surface area contributed by atoms with Crippen LogP contribution in [0.3, 0.4) is 0 Å². The number of pyridine rings is 1. The minimum absolute atomic E-state index is 0.0583. The quantitative estimate of drug-likeness (QED) is 0.945. The van der Waals surface area contributed by atoms with Gasteiger partial charge in [0.15, 0.2) is 0 Å². The fourth-order valence-corrected chi connectivity index (χ4v) is 2.04. The Morgan fingerprint density at radius 2 is 2.11 bits per heavy atom. The Morgan fingerprint density at radius 3 is 2.78 bits per heavy atom. The number of amides is 1. The molecule has 0 aliphatic carbocycles. The van der Waals surface area contributed by atoms with Crippen molar-refractivity contribution in [3.8, 4) is 0 Å². The van der Waals surface area contributed by atoms with Gasteiger partial charge in [-0.25, -0.2) is 0 Å². The van der Waals surface area contributed by atoms with Crippen LogP contribution >= 0.6 is 15.9 Å². The lowest BCUT2D eigenvalue weighted by Gasteiger charge is -2.14. The molecule has 0 radical (unpaired) electrons. The molecule has 0 aliphatic heterocycles. The molecular formula is C14H13BrN2O. The summed E-state index contributed by atoms with van der Waals surface area (Å²) in [5.74, 6) is -0.164. The van der Waals surface area contributed by atoms with Gasteiger partial charge in [0.2, 0.25) is 0 Å². The van der Waals surface area contributed by atoms with Gasteiger partial charge < -0.3 is 5.32 Å². The van der Waals surface area contributed by atoms with E-state index in [1.807, 2.05) is 31.2 Å². The van der Waals surface area contributed by atoms with Crippen LogP contribution in [0.2, 0.25) is 0 Å². The van der Waals surface area contributed by atoms with Gasteiger partial charge in [-0.2, -0.15) is 0 Å². The Labute approximate surface area is 114 Å². The summed E-state index contributed by atoms with van der Waals surface area (Å²) in [4.78, 5) is 15.9. The van der Waals surface area contributed by atoms with Gasteiger partial charge in [0.05, 0.1) is 6.04 Å². The lowest BCUT2D eigenvalue weighted by atomic mass is 10.1. The van der Waals surface area contributed by atoms with Crippen molar-refractivity contribution in [3.63, 3.8) is 0 Å². The van der Waals surface area contributed by atoms with E-state index in [1.165, 1.54) is 0 Å². The normalized spacial score (nSPS) is 11.9. The molecule has 0 unspecified atom stereocenters. The molecule has 2 rings (SSSR count). The second-order valence-corrected chi connectivity index (χ2v) is 4.88. The van der Waals surface area contributed by atoms with Crippen molar-refractivity contribution in [1.82, 2.24) is 10.3 Å². The van der Waals surface area contributed by atoms with Crippen molar-refractivity contribution in [1.29, 1.82) is 0 Å². The molecule has 0 saturated carbocycles. The van der Waals surface area contributed by atoms with Crippen LogP contribution in [0.25, 0.3) is 0 Å². The molecule has 0 saturated heterocycles. The van der Waals surface area contributed by atoms with Crippen molar-refractivity contribution in [2.75, 3.05) is 0 Å². The zero-order valence-corrected chi connectivity index (χ0v) is 11.5. The Hall–Kier alpha value is -1.68. The highest BCUT2D eigenvalue weighted by Crippen LogP contribution is 2.18. The molecule has 1 aromatic heterocycles. The lowest BCUT2D eigenvalue weighted by Crippen LogP contribution is -2.27. The van der Waals surface area contributed by atoms with Crippen LogP contribution in [0.4, 0.5) is 0 Å². The van der Waals surface area contributed by atoms with E-state index in [0.717, 1.165) is 10.0 Å². The number of hydrogen-bond donors (Lipinski definition) is 1. The van der Waals surface area contributed by atoms with E-state index in [9.17, 15) is 4.79 Å². The van der Waals surface area contributed by atoms with E-state index < -0.39 is 0 Å². The molecule has 1 atom stereocenters. The highest BCUT2D eigenvalue weighted by atomic mass is 79.9. The van der Waals surface area contributed by atoms with Gasteiger partial charge in [0, 0.05) is 10.7 Å². The number of carbonyl (C=O) groups is 1. The summed E-state index contributed by atoms with van der Waals surface area (Å²) in [5, 5.41) is 2.92. The van der Waals surface area contributed by atoms with E-state index in [1.54, 1.807) is 24.4 Å². The predicted octanol–water partition coefficient (Wildman–Crippen LogP) is 3.34. The molecule has 0 spiro atoms. The largest absolute Gasteiger partial charge is 0.344 e. The number of carbonyl (C=O) groups excluding carboxylic acids is 1. The number of nitrogens with zero attached hydrogens (tertiary/aromatic N) is 1. The summed E-state index contributed by atoms with van der Waals surface area (Å²) in [6.45, 7) is 1.95. The van der Waals surface area contributed by atoms with E-state index in [2.05, 4.69) is 26.2 Å². The second-order valence-electron chi connectivity index (χ2n) is 3.97. The Morgan fingerprint density at radius 1 is 1.28 bits per heavy atom. The number of rotatable bonds is 3. The number of hydrogen-bond acceptors (Lipinski definition) is 2. The van der Waals surface area contributed by atoms with Crippen molar-refractivity contribution < 1.29 is 4.79 Å². The standard InChI is InChI=1S/C14H13BrN2O/c1-10(11-5-4-6-12(15)9-11)17-14(18)13-7-2-3-8-16-13/h2-10H,1H3,(H,17,18)/t10-/m1/s1. The third kappa shape index (κ3) is 3.17. The molecule has 1 aromatic carbocycles. The van der Waals surface area contributed by atoms with Gasteiger partial charge >= 0.3 is 0 Å². The molecule has 2 aromatic rings. The summed E-state index contributed by atoms with van der Waals surface area (Å²) in [6.07, 6.45) is 1.61. The average Bonchev–Trinajstić information content (AvgIpc) is 2.39. The molecule has 0 bridgehead atoms. The molecular weight excluding hydrogens is 292 g/mol. The number of halogens is 1. The number of benzene rings is 1. The van der Waals surface area contributed by atoms with Crippen molar-refractivity contribution >= 4 is 21.8 Å². The Bertz CT molecular complexity index is 543.